The SMILES string of the molecule is [2H]C([2H])([2H])C([2H])(NCC([2H])(O)C([2H])([2H])Oc1ccc(C([2H])([2H])C([2H])([2H])OCC2CC2)cc1)C([2H])([2H])[2H]. The molecule has 124 valence electrons. The predicted octanol–water partition coefficient (Wildman–Crippen LogP) is 2.39. The summed E-state index contributed by atoms with van der Waals surface area (Å²) in [4.78, 5) is 0. The molecule has 0 spiro atoms. The summed E-state index contributed by atoms with van der Waals surface area (Å²) in [6, 6.07) is 1.07. The van der Waals surface area contributed by atoms with Crippen molar-refractivity contribution in [1.82, 2.24) is 5.32 Å². The largest absolute Gasteiger partial charge is 0.491 e. The van der Waals surface area contributed by atoms with Crippen LogP contribution in [0.2, 0.25) is 0 Å². The summed E-state index contributed by atoms with van der Waals surface area (Å²) in [5.41, 5.74) is -0.145. The summed E-state index contributed by atoms with van der Waals surface area (Å²) in [6.07, 6.45) is -4.07. The second kappa shape index (κ2) is 9.13. The zero-order valence-corrected chi connectivity index (χ0v) is 12.0. The van der Waals surface area contributed by atoms with Gasteiger partial charge in [-0.1, -0.05) is 25.8 Å². The Labute approximate surface area is 153 Å². The van der Waals surface area contributed by atoms with Crippen LogP contribution in [0.15, 0.2) is 24.3 Å². The van der Waals surface area contributed by atoms with Crippen molar-refractivity contribution in [2.45, 2.75) is 45.0 Å². The van der Waals surface area contributed by atoms with Crippen LogP contribution in [-0.4, -0.2) is 43.5 Å². The highest BCUT2D eigenvalue weighted by atomic mass is 16.5. The minimum absolute atomic E-state index is 0.0766. The van der Waals surface area contributed by atoms with E-state index in [4.69, 9.17) is 28.7 Å². The van der Waals surface area contributed by atoms with Crippen LogP contribution in [0.3, 0.4) is 0 Å². The fraction of sp³-hybridized carbons (Fsp3) is 0.667. The van der Waals surface area contributed by atoms with Gasteiger partial charge in [-0.25, -0.2) is 0 Å². The molecule has 1 aliphatic rings. The monoisotopic (exact) mass is 321 g/mol. The molecule has 0 bridgehead atoms. The van der Waals surface area contributed by atoms with E-state index in [9.17, 15) is 5.11 Å². The molecule has 0 heterocycles. The standard InChI is InChI=1S/C18H29NO3/c1-14(2)19-11-17(20)13-22-18-7-5-15(6-8-18)9-10-21-12-16-3-4-16/h5-8,14,16-17,19-20H,3-4,9-13H2,1-2H3/i1D3,2D3,9D2,10D2,13D2,14D,17D. The average molecular weight is 322 g/mol. The number of ether oxygens (including phenoxy) is 2. The number of aliphatic hydroxyl groups is 1. The minimum atomic E-state index is -3.41. The first-order valence-corrected chi connectivity index (χ1v) is 6.88. The quantitative estimate of drug-likeness (QED) is 0.657. The lowest BCUT2D eigenvalue weighted by Gasteiger charge is -2.15. The number of rotatable bonds is 11. The van der Waals surface area contributed by atoms with Crippen LogP contribution in [0.1, 0.15) is 51.3 Å². The van der Waals surface area contributed by atoms with E-state index in [1.807, 2.05) is 0 Å². The van der Waals surface area contributed by atoms with Gasteiger partial charge in [0.1, 0.15) is 18.4 Å². The van der Waals surface area contributed by atoms with Crippen molar-refractivity contribution >= 4 is 0 Å². The van der Waals surface area contributed by atoms with Gasteiger partial charge in [-0.15, -0.1) is 0 Å². The predicted molar refractivity (Wildman–Crippen MR) is 88.3 cm³/mol. The van der Waals surface area contributed by atoms with Crippen LogP contribution >= 0.6 is 0 Å². The molecule has 2 N–H and O–H groups in total. The van der Waals surface area contributed by atoms with Crippen molar-refractivity contribution in [1.29, 1.82) is 0 Å². The number of nitrogens with one attached hydrogen (secondary N) is 1. The van der Waals surface area contributed by atoms with Gasteiger partial charge in [0.2, 0.25) is 0 Å². The zero-order chi connectivity index (χ0) is 28.0. The van der Waals surface area contributed by atoms with Crippen molar-refractivity contribution in [3.63, 3.8) is 0 Å². The second-order valence-corrected chi connectivity index (χ2v) is 4.89. The van der Waals surface area contributed by atoms with Crippen LogP contribution in [0.25, 0.3) is 0 Å². The Hall–Kier alpha value is -1.10. The highest BCUT2D eigenvalue weighted by molar-refractivity contribution is 5.27. The number of hydrogen-bond acceptors (Lipinski definition) is 4. The molecular weight excluding hydrogens is 278 g/mol. The van der Waals surface area contributed by atoms with Crippen molar-refractivity contribution in [2.75, 3.05) is 26.3 Å². The molecule has 0 aromatic heterocycles. The van der Waals surface area contributed by atoms with Gasteiger partial charge in [0.05, 0.1) is 13.4 Å². The molecule has 0 saturated heterocycles. The van der Waals surface area contributed by atoms with Gasteiger partial charge in [-0.3, -0.25) is 0 Å². The number of benzene rings is 1. The highest BCUT2D eigenvalue weighted by Gasteiger charge is 2.20. The molecule has 1 aromatic carbocycles. The van der Waals surface area contributed by atoms with E-state index in [2.05, 4.69) is 0 Å². The van der Waals surface area contributed by atoms with Crippen LogP contribution in [-0.2, 0) is 11.1 Å². The Bertz CT molecular complexity index is 880. The van der Waals surface area contributed by atoms with E-state index in [1.165, 1.54) is 0 Å². The van der Waals surface area contributed by atoms with E-state index < -0.39 is 51.8 Å². The van der Waals surface area contributed by atoms with E-state index in [0.717, 1.165) is 37.1 Å². The maximum atomic E-state index is 10.3. The molecule has 1 unspecified atom stereocenters. The average Bonchev–Trinajstić information content (AvgIpc) is 3.53. The third-order valence-corrected chi connectivity index (χ3v) is 2.86. The topological polar surface area (TPSA) is 50.7 Å². The van der Waals surface area contributed by atoms with Crippen LogP contribution in [0.4, 0.5) is 0 Å². The highest BCUT2D eigenvalue weighted by Crippen LogP contribution is 2.28. The van der Waals surface area contributed by atoms with Crippen LogP contribution in [0, 0.1) is 5.92 Å². The first kappa shape index (κ1) is 6.42. The van der Waals surface area contributed by atoms with Gasteiger partial charge in [0.15, 0.2) is 0 Å². The van der Waals surface area contributed by atoms with Crippen LogP contribution in [0.5, 0.6) is 5.75 Å². The molecule has 1 aliphatic carbocycles. The lowest BCUT2D eigenvalue weighted by molar-refractivity contribution is 0.104. The summed E-state index contributed by atoms with van der Waals surface area (Å²) in [5, 5.41) is 12.1. The summed E-state index contributed by atoms with van der Waals surface area (Å²) in [6.45, 7) is -14.0. The summed E-state index contributed by atoms with van der Waals surface area (Å²) >= 11 is 0. The molecule has 1 atom stereocenters. The molecule has 0 amide bonds. The molecule has 2 rings (SSSR count). The fourth-order valence-electron chi connectivity index (χ4n) is 1.47. The summed E-state index contributed by atoms with van der Waals surface area (Å²) in [5.74, 6) is -0.0970. The van der Waals surface area contributed by atoms with Crippen molar-refractivity contribution in [2.24, 2.45) is 5.92 Å². The molecular formula is C18H29NO3. The lowest BCUT2D eigenvalue weighted by atomic mass is 10.1. The van der Waals surface area contributed by atoms with Crippen molar-refractivity contribution < 1.29 is 33.8 Å². The molecule has 22 heavy (non-hydrogen) atoms. The Kier molecular flexibility index (Phi) is 2.67. The Balaban J connectivity index is 2.14. The fourth-order valence-corrected chi connectivity index (χ4v) is 1.47. The van der Waals surface area contributed by atoms with Crippen molar-refractivity contribution in [3.05, 3.63) is 29.8 Å². The maximum Gasteiger partial charge on any atom is 0.119 e. The Morgan fingerprint density at radius 3 is 2.86 bits per heavy atom. The van der Waals surface area contributed by atoms with Gasteiger partial charge in [0.25, 0.3) is 0 Å². The first-order chi connectivity index (χ1) is 16.0. The van der Waals surface area contributed by atoms with E-state index in [1.54, 1.807) is 5.32 Å². The molecule has 1 fully saturated rings. The molecule has 4 nitrogen and oxygen atoms in total. The van der Waals surface area contributed by atoms with Gasteiger partial charge in [-0.2, -0.15) is 0 Å². The normalized spacial score (nSPS) is 30.4. The molecule has 1 saturated carbocycles. The smallest absolute Gasteiger partial charge is 0.119 e. The number of aryl methyl sites for hydroxylation is 1. The zero-order valence-electron chi connectivity index (χ0n) is 26.0. The third-order valence-electron chi connectivity index (χ3n) is 2.86. The third kappa shape index (κ3) is 7.25. The Morgan fingerprint density at radius 1 is 1.41 bits per heavy atom. The maximum absolute atomic E-state index is 10.3. The molecule has 0 aliphatic heterocycles. The first-order valence-electron chi connectivity index (χ1n) is 13.9. The molecule has 4 heteroatoms. The summed E-state index contributed by atoms with van der Waals surface area (Å²) in [7, 11) is 0. The van der Waals surface area contributed by atoms with E-state index in [0.29, 0.717) is 0 Å². The van der Waals surface area contributed by atoms with Crippen molar-refractivity contribution in [3.8, 4) is 5.75 Å². The van der Waals surface area contributed by atoms with E-state index >= 15 is 0 Å². The second-order valence-electron chi connectivity index (χ2n) is 4.89. The molecule has 1 aromatic rings. The molecule has 0 radical (unpaired) electrons. The van der Waals surface area contributed by atoms with E-state index in [-0.39, 0.29) is 23.8 Å². The van der Waals surface area contributed by atoms with Crippen LogP contribution < -0.4 is 10.1 Å². The lowest BCUT2D eigenvalue weighted by Crippen LogP contribution is -2.35. The van der Waals surface area contributed by atoms with Gasteiger partial charge in [-0.05, 0) is 42.8 Å². The van der Waals surface area contributed by atoms with Gasteiger partial charge < -0.3 is 19.9 Å². The Morgan fingerprint density at radius 2 is 2.18 bits per heavy atom. The van der Waals surface area contributed by atoms with Gasteiger partial charge >= 0.3 is 0 Å². The minimum Gasteiger partial charge on any atom is -0.491 e. The van der Waals surface area contributed by atoms with Gasteiger partial charge in [0, 0.05) is 31.5 Å². The summed E-state index contributed by atoms with van der Waals surface area (Å²) < 4.78 is 118. The number of hydrogen-bond donors (Lipinski definition) is 2.